The number of aliphatic hydroxyl groups is 1. The Morgan fingerprint density at radius 3 is 2.56 bits per heavy atom. The van der Waals surface area contributed by atoms with Gasteiger partial charge in [0.2, 0.25) is 0 Å². The van der Waals surface area contributed by atoms with E-state index in [1.165, 1.54) is 6.20 Å². The normalized spacial score (nSPS) is 24.2. The zero-order valence-electron chi connectivity index (χ0n) is 19.9. The molecule has 1 N–H and O–H groups in total. The summed E-state index contributed by atoms with van der Waals surface area (Å²) in [6.07, 6.45) is 3.34. The molecule has 1 amide bonds. The van der Waals surface area contributed by atoms with Gasteiger partial charge in [0.15, 0.2) is 5.82 Å². The van der Waals surface area contributed by atoms with Crippen molar-refractivity contribution in [1.82, 2.24) is 14.9 Å². The molecule has 1 aromatic heterocycles. The van der Waals surface area contributed by atoms with Gasteiger partial charge in [-0.05, 0) is 38.3 Å². The average molecular weight is 475 g/mol. The van der Waals surface area contributed by atoms with Crippen LogP contribution in [0.25, 0.3) is 0 Å². The van der Waals surface area contributed by atoms with Crippen molar-refractivity contribution < 1.29 is 23.4 Å². The van der Waals surface area contributed by atoms with E-state index in [-0.39, 0.29) is 12.5 Å². The number of hydrogen-bond acceptors (Lipinski definition) is 6. The SMILES string of the molecule is CC(C)(O)C[C@]1(c2ccccc2)CCN([C@H]2CCCN(c3ccnc(C(C)(F)F)n3)C2)C(=O)O1. The molecule has 0 unspecified atom stereocenters. The van der Waals surface area contributed by atoms with Crippen molar-refractivity contribution in [2.24, 2.45) is 0 Å². The fraction of sp³-hybridized carbons (Fsp3) is 0.560. The van der Waals surface area contributed by atoms with Crippen LogP contribution in [0.5, 0.6) is 0 Å². The second-order valence-electron chi connectivity index (χ2n) is 10.0. The Morgan fingerprint density at radius 2 is 1.91 bits per heavy atom. The van der Waals surface area contributed by atoms with Gasteiger partial charge in [0, 0.05) is 45.6 Å². The highest BCUT2D eigenvalue weighted by atomic mass is 19.3. The van der Waals surface area contributed by atoms with Crippen LogP contribution in [0.2, 0.25) is 0 Å². The zero-order chi connectivity index (χ0) is 24.6. The number of nitrogens with zero attached hydrogens (tertiary/aromatic N) is 4. The first-order valence-corrected chi connectivity index (χ1v) is 11.7. The monoisotopic (exact) mass is 474 g/mol. The summed E-state index contributed by atoms with van der Waals surface area (Å²) in [5, 5.41) is 10.6. The highest BCUT2D eigenvalue weighted by Gasteiger charge is 2.47. The summed E-state index contributed by atoms with van der Waals surface area (Å²) in [7, 11) is 0. The van der Waals surface area contributed by atoms with Crippen molar-refractivity contribution in [3.05, 3.63) is 54.0 Å². The lowest BCUT2D eigenvalue weighted by molar-refractivity contribution is -0.102. The summed E-state index contributed by atoms with van der Waals surface area (Å²) >= 11 is 0. The van der Waals surface area contributed by atoms with E-state index >= 15 is 0 Å². The third-order valence-electron chi connectivity index (χ3n) is 6.49. The molecule has 184 valence electrons. The van der Waals surface area contributed by atoms with E-state index in [1.54, 1.807) is 24.8 Å². The number of ether oxygens (including phenoxy) is 1. The van der Waals surface area contributed by atoms with E-state index in [4.69, 9.17) is 4.74 Å². The molecule has 7 nitrogen and oxygen atoms in total. The summed E-state index contributed by atoms with van der Waals surface area (Å²) in [6.45, 7) is 5.83. The Morgan fingerprint density at radius 1 is 1.18 bits per heavy atom. The molecular formula is C25H32F2N4O3. The van der Waals surface area contributed by atoms with Crippen LogP contribution >= 0.6 is 0 Å². The highest BCUT2D eigenvalue weighted by molar-refractivity contribution is 5.70. The quantitative estimate of drug-likeness (QED) is 0.666. The number of halogens is 2. The predicted molar refractivity (Wildman–Crippen MR) is 124 cm³/mol. The van der Waals surface area contributed by atoms with Gasteiger partial charge in [0.1, 0.15) is 11.4 Å². The number of piperidine rings is 1. The molecule has 2 aromatic rings. The molecule has 34 heavy (non-hydrogen) atoms. The van der Waals surface area contributed by atoms with E-state index in [0.717, 1.165) is 25.3 Å². The molecule has 2 atom stereocenters. The lowest BCUT2D eigenvalue weighted by atomic mass is 9.80. The lowest BCUT2D eigenvalue weighted by Crippen LogP contribution is -2.57. The number of aromatic nitrogens is 2. The standard InChI is InChI=1S/C25H32F2N4O3/c1-23(2,33)17-25(18-8-5-4-6-9-18)12-15-31(22(32)34-25)19-10-7-14-30(16-19)20-11-13-28-21(29-20)24(3,26)27/h4-6,8-9,11,13,19,33H,7,10,12,14-17H2,1-3H3/t19-,25-/m0/s1. The molecule has 0 radical (unpaired) electrons. The van der Waals surface area contributed by atoms with Crippen LogP contribution in [-0.4, -0.2) is 57.3 Å². The van der Waals surface area contributed by atoms with Gasteiger partial charge < -0.3 is 19.6 Å². The molecule has 2 fully saturated rings. The van der Waals surface area contributed by atoms with E-state index in [1.807, 2.05) is 35.2 Å². The summed E-state index contributed by atoms with van der Waals surface area (Å²) in [5.41, 5.74) is -1.06. The summed E-state index contributed by atoms with van der Waals surface area (Å²) in [5.74, 6) is -3.20. The van der Waals surface area contributed by atoms with Crippen molar-refractivity contribution in [2.75, 3.05) is 24.5 Å². The average Bonchev–Trinajstić information content (AvgIpc) is 2.78. The van der Waals surface area contributed by atoms with Crippen molar-refractivity contribution >= 4 is 11.9 Å². The number of alkyl halides is 2. The number of carbonyl (C=O) groups is 1. The molecule has 9 heteroatoms. The molecule has 2 aliphatic heterocycles. The molecular weight excluding hydrogens is 442 g/mol. The topological polar surface area (TPSA) is 78.8 Å². The van der Waals surface area contributed by atoms with E-state index in [0.29, 0.717) is 31.9 Å². The second-order valence-corrected chi connectivity index (χ2v) is 10.0. The first-order chi connectivity index (χ1) is 16.0. The van der Waals surface area contributed by atoms with Gasteiger partial charge >= 0.3 is 12.0 Å². The largest absolute Gasteiger partial charge is 0.438 e. The molecule has 1 aromatic carbocycles. The Balaban J connectivity index is 1.51. The number of rotatable bonds is 6. The fourth-order valence-corrected chi connectivity index (χ4v) is 5.03. The Hall–Kier alpha value is -2.81. The maximum atomic E-state index is 13.7. The number of carbonyl (C=O) groups excluding carboxylic acids is 1. The van der Waals surface area contributed by atoms with Crippen LogP contribution in [-0.2, 0) is 16.3 Å². The Kier molecular flexibility index (Phi) is 6.50. The third kappa shape index (κ3) is 5.29. The van der Waals surface area contributed by atoms with Crippen LogP contribution in [0.15, 0.2) is 42.6 Å². The minimum absolute atomic E-state index is 0.127. The first-order valence-electron chi connectivity index (χ1n) is 11.7. The fourth-order valence-electron chi connectivity index (χ4n) is 5.03. The van der Waals surface area contributed by atoms with E-state index in [2.05, 4.69) is 9.97 Å². The molecule has 4 rings (SSSR count). The predicted octanol–water partition coefficient (Wildman–Crippen LogP) is 4.46. The number of benzene rings is 1. The van der Waals surface area contributed by atoms with Crippen LogP contribution < -0.4 is 4.90 Å². The van der Waals surface area contributed by atoms with Gasteiger partial charge in [-0.2, -0.15) is 8.78 Å². The zero-order valence-corrected chi connectivity index (χ0v) is 19.9. The first kappa shape index (κ1) is 24.3. The van der Waals surface area contributed by atoms with Crippen molar-refractivity contribution in [3.8, 4) is 0 Å². The summed E-state index contributed by atoms with van der Waals surface area (Å²) in [6, 6.07) is 11.0. The van der Waals surface area contributed by atoms with Gasteiger partial charge in [0.05, 0.1) is 11.6 Å². The number of anilines is 1. The number of hydrogen-bond donors (Lipinski definition) is 1. The molecule has 0 spiro atoms. The molecule has 0 saturated carbocycles. The lowest BCUT2D eigenvalue weighted by Gasteiger charge is -2.47. The van der Waals surface area contributed by atoms with Crippen molar-refractivity contribution in [1.29, 1.82) is 0 Å². The number of cyclic esters (lactones) is 1. The summed E-state index contributed by atoms with van der Waals surface area (Å²) < 4.78 is 33.5. The molecule has 2 saturated heterocycles. The Bertz CT molecular complexity index is 1010. The van der Waals surface area contributed by atoms with Crippen LogP contribution in [0, 0.1) is 0 Å². The van der Waals surface area contributed by atoms with Crippen molar-refractivity contribution in [2.45, 2.75) is 69.6 Å². The van der Waals surface area contributed by atoms with Gasteiger partial charge in [-0.25, -0.2) is 14.8 Å². The minimum atomic E-state index is -3.12. The van der Waals surface area contributed by atoms with Gasteiger partial charge in [-0.15, -0.1) is 0 Å². The van der Waals surface area contributed by atoms with Crippen LogP contribution in [0.1, 0.15) is 57.8 Å². The van der Waals surface area contributed by atoms with Crippen LogP contribution in [0.3, 0.4) is 0 Å². The van der Waals surface area contributed by atoms with E-state index in [9.17, 15) is 18.7 Å². The third-order valence-corrected chi connectivity index (χ3v) is 6.49. The maximum absolute atomic E-state index is 13.7. The maximum Gasteiger partial charge on any atom is 0.410 e. The summed E-state index contributed by atoms with van der Waals surface area (Å²) in [4.78, 5) is 24.7. The minimum Gasteiger partial charge on any atom is -0.438 e. The second kappa shape index (κ2) is 9.09. The van der Waals surface area contributed by atoms with Gasteiger partial charge in [-0.3, -0.25) is 0 Å². The molecule has 0 bridgehead atoms. The number of amides is 1. The highest BCUT2D eigenvalue weighted by Crippen LogP contribution is 2.41. The molecule has 0 aliphatic carbocycles. The van der Waals surface area contributed by atoms with E-state index < -0.39 is 29.0 Å². The molecule has 2 aliphatic rings. The van der Waals surface area contributed by atoms with Gasteiger partial charge in [0.25, 0.3) is 0 Å². The van der Waals surface area contributed by atoms with Crippen LogP contribution in [0.4, 0.5) is 19.4 Å². The Labute approximate surface area is 198 Å². The smallest absolute Gasteiger partial charge is 0.410 e. The van der Waals surface area contributed by atoms with Crippen molar-refractivity contribution in [3.63, 3.8) is 0 Å². The molecule has 3 heterocycles. The van der Waals surface area contributed by atoms with Gasteiger partial charge in [-0.1, -0.05) is 30.3 Å².